The van der Waals surface area contributed by atoms with Crippen LogP contribution in [0.3, 0.4) is 0 Å². The molecule has 1 aliphatic carbocycles. The van der Waals surface area contributed by atoms with E-state index in [1.165, 1.54) is 37.7 Å². The lowest BCUT2D eigenvalue weighted by molar-refractivity contribution is 0.437. The molecule has 0 bridgehead atoms. The van der Waals surface area contributed by atoms with Gasteiger partial charge in [0.05, 0.1) is 16.6 Å². The van der Waals surface area contributed by atoms with Crippen LogP contribution in [0.4, 0.5) is 0 Å². The van der Waals surface area contributed by atoms with Crippen molar-refractivity contribution in [1.82, 2.24) is 19.9 Å². The van der Waals surface area contributed by atoms with E-state index in [4.69, 9.17) is 24.7 Å². The molecule has 3 aromatic heterocycles. The lowest BCUT2D eigenvalue weighted by atomic mass is 9.65. The third kappa shape index (κ3) is 5.26. The number of rotatable bonds is 4. The summed E-state index contributed by atoms with van der Waals surface area (Å²) in [6.07, 6.45) is 0. The van der Waals surface area contributed by atoms with Gasteiger partial charge in [-0.1, -0.05) is 170 Å². The minimum Gasteiger partial charge on any atom is -0.457 e. The Balaban J connectivity index is 0.952. The molecule has 1 aliphatic heterocycles. The van der Waals surface area contributed by atoms with Crippen molar-refractivity contribution in [2.75, 3.05) is 0 Å². The molecular formula is C59H34N4OS. The molecule has 5 nitrogen and oxygen atoms in total. The van der Waals surface area contributed by atoms with E-state index in [0.717, 1.165) is 76.9 Å². The van der Waals surface area contributed by atoms with Crippen molar-refractivity contribution < 1.29 is 4.74 Å². The van der Waals surface area contributed by atoms with Gasteiger partial charge in [-0.3, -0.25) is 0 Å². The number of hydrogen-bond donors (Lipinski definition) is 0. The fourth-order valence-electron chi connectivity index (χ4n) is 10.6. The third-order valence-electron chi connectivity index (χ3n) is 13.4. The standard InChI is InChI=1S/C59H34N4OS/c1-2-15-36(16-3-1)56-61-57(63-58(62-56)43-22-14-21-42-41-20-7-13-28-53(41)65-55(42)43)37-31-29-35(30-32-37)54-45-34-52-49(33-44(45)40-19-6-11-26-50(40)60-54)59(48-25-10-12-27-51(48)64-52)46-23-8-4-17-38(46)39-18-5-9-24-47(39)59/h1-34H. The number of benzene rings is 9. The van der Waals surface area contributed by atoms with Crippen molar-refractivity contribution in [3.63, 3.8) is 0 Å². The summed E-state index contributed by atoms with van der Waals surface area (Å²) in [6, 6.07) is 73.0. The Morgan fingerprint density at radius 3 is 1.72 bits per heavy atom. The van der Waals surface area contributed by atoms with Crippen molar-refractivity contribution in [3.8, 4) is 68.0 Å². The molecule has 12 aromatic rings. The molecule has 14 rings (SSSR count). The first kappa shape index (κ1) is 36.2. The Labute approximate surface area is 378 Å². The van der Waals surface area contributed by atoms with Crippen molar-refractivity contribution in [3.05, 3.63) is 229 Å². The number of ether oxygens (including phenoxy) is 1. The van der Waals surface area contributed by atoms with Crippen LogP contribution in [0, 0.1) is 0 Å². The zero-order valence-corrected chi connectivity index (χ0v) is 35.6. The van der Waals surface area contributed by atoms with Crippen LogP contribution in [0.2, 0.25) is 0 Å². The summed E-state index contributed by atoms with van der Waals surface area (Å²) in [7, 11) is 0. The smallest absolute Gasteiger partial charge is 0.165 e. The van der Waals surface area contributed by atoms with Crippen LogP contribution in [-0.4, -0.2) is 19.9 Å². The molecule has 0 radical (unpaired) electrons. The van der Waals surface area contributed by atoms with Crippen molar-refractivity contribution in [1.29, 1.82) is 0 Å². The van der Waals surface area contributed by atoms with E-state index in [9.17, 15) is 0 Å². The van der Waals surface area contributed by atoms with Crippen LogP contribution in [0.5, 0.6) is 11.5 Å². The highest BCUT2D eigenvalue weighted by atomic mass is 32.1. The summed E-state index contributed by atoms with van der Waals surface area (Å²) < 4.78 is 9.37. The number of pyridine rings is 1. The maximum absolute atomic E-state index is 6.97. The highest BCUT2D eigenvalue weighted by Crippen LogP contribution is 2.62. The van der Waals surface area contributed by atoms with E-state index >= 15 is 0 Å². The molecule has 65 heavy (non-hydrogen) atoms. The zero-order chi connectivity index (χ0) is 42.6. The summed E-state index contributed by atoms with van der Waals surface area (Å²) in [4.78, 5) is 20.8. The average Bonchev–Trinajstić information content (AvgIpc) is 3.90. The van der Waals surface area contributed by atoms with E-state index in [-0.39, 0.29) is 0 Å². The highest BCUT2D eigenvalue weighted by Gasteiger charge is 2.51. The predicted octanol–water partition coefficient (Wildman–Crippen LogP) is 15.1. The number of thiophene rings is 1. The van der Waals surface area contributed by atoms with Gasteiger partial charge in [-0.15, -0.1) is 11.3 Å². The molecule has 4 heterocycles. The topological polar surface area (TPSA) is 60.8 Å². The summed E-state index contributed by atoms with van der Waals surface area (Å²) in [5.74, 6) is 3.58. The average molecular weight is 847 g/mol. The van der Waals surface area contributed by atoms with Crippen LogP contribution in [0.1, 0.15) is 22.3 Å². The zero-order valence-electron chi connectivity index (χ0n) is 34.7. The molecule has 0 fully saturated rings. The Hall–Kier alpha value is -8.32. The van der Waals surface area contributed by atoms with E-state index in [2.05, 4.69) is 188 Å². The normalized spacial score (nSPS) is 13.2. The van der Waals surface area contributed by atoms with Gasteiger partial charge in [0, 0.05) is 64.3 Å². The quantitative estimate of drug-likeness (QED) is 0.165. The molecule has 1 spiro atoms. The number of hydrogen-bond acceptors (Lipinski definition) is 6. The number of para-hydroxylation sites is 2. The first-order chi connectivity index (χ1) is 32.2. The summed E-state index contributed by atoms with van der Waals surface area (Å²) in [6.45, 7) is 0. The molecule has 0 atom stereocenters. The minimum atomic E-state index is -0.567. The van der Waals surface area contributed by atoms with Gasteiger partial charge in [0.1, 0.15) is 11.5 Å². The Kier molecular flexibility index (Phi) is 7.71. The van der Waals surface area contributed by atoms with E-state index in [1.807, 2.05) is 18.2 Å². The van der Waals surface area contributed by atoms with E-state index in [0.29, 0.717) is 17.5 Å². The first-order valence-electron chi connectivity index (χ1n) is 21.9. The number of nitrogens with zero attached hydrogens (tertiary/aromatic N) is 4. The van der Waals surface area contributed by atoms with Gasteiger partial charge in [-0.2, -0.15) is 0 Å². The number of fused-ring (bicyclic) bond motifs is 15. The second-order valence-electron chi connectivity index (χ2n) is 16.8. The second kappa shape index (κ2) is 13.8. The molecular weight excluding hydrogens is 813 g/mol. The van der Waals surface area contributed by atoms with Gasteiger partial charge in [-0.25, -0.2) is 19.9 Å². The lowest BCUT2D eigenvalue weighted by Crippen LogP contribution is -2.32. The highest BCUT2D eigenvalue weighted by molar-refractivity contribution is 7.26. The fourth-order valence-corrected chi connectivity index (χ4v) is 11.8. The Bertz CT molecular complexity index is 3890. The molecule has 0 saturated heterocycles. The second-order valence-corrected chi connectivity index (χ2v) is 17.9. The molecule has 0 unspecified atom stereocenters. The molecule has 6 heteroatoms. The van der Waals surface area contributed by atoms with Crippen molar-refractivity contribution >= 4 is 53.2 Å². The first-order valence-corrected chi connectivity index (χ1v) is 22.7. The summed E-state index contributed by atoms with van der Waals surface area (Å²) >= 11 is 1.78. The maximum atomic E-state index is 6.97. The van der Waals surface area contributed by atoms with E-state index < -0.39 is 5.41 Å². The van der Waals surface area contributed by atoms with E-state index in [1.54, 1.807) is 11.3 Å². The summed E-state index contributed by atoms with van der Waals surface area (Å²) in [5.41, 5.74) is 12.4. The largest absolute Gasteiger partial charge is 0.457 e. The molecule has 0 amide bonds. The Morgan fingerprint density at radius 2 is 0.938 bits per heavy atom. The van der Waals surface area contributed by atoms with Gasteiger partial charge >= 0.3 is 0 Å². The fraction of sp³-hybridized carbons (Fsp3) is 0.0169. The van der Waals surface area contributed by atoms with Crippen LogP contribution < -0.4 is 4.74 Å². The minimum absolute atomic E-state index is 0.567. The number of aromatic nitrogens is 4. The predicted molar refractivity (Wildman–Crippen MR) is 265 cm³/mol. The maximum Gasteiger partial charge on any atom is 0.165 e. The van der Waals surface area contributed by atoms with Gasteiger partial charge in [0.25, 0.3) is 0 Å². The monoisotopic (exact) mass is 846 g/mol. The lowest BCUT2D eigenvalue weighted by Gasteiger charge is -2.39. The molecule has 0 N–H and O–H groups in total. The molecule has 0 saturated carbocycles. The van der Waals surface area contributed by atoms with Gasteiger partial charge in [0.15, 0.2) is 17.5 Å². The SMILES string of the molecule is c1ccc(-c2nc(-c3ccc(-c4nc5ccccc5c5cc6c(cc45)Oc4ccccc4C64c5ccccc5-c5ccccc54)cc3)nc(-c3cccc4c3sc3ccccc34)n2)cc1. The van der Waals surface area contributed by atoms with Crippen molar-refractivity contribution in [2.45, 2.75) is 5.41 Å². The van der Waals surface area contributed by atoms with Crippen LogP contribution in [0.15, 0.2) is 206 Å². The van der Waals surface area contributed by atoms with Crippen molar-refractivity contribution in [2.24, 2.45) is 0 Å². The molecule has 9 aromatic carbocycles. The van der Waals surface area contributed by atoms with Crippen LogP contribution >= 0.6 is 11.3 Å². The van der Waals surface area contributed by atoms with Gasteiger partial charge < -0.3 is 4.74 Å². The van der Waals surface area contributed by atoms with Crippen LogP contribution in [0.25, 0.3) is 98.4 Å². The molecule has 302 valence electrons. The Morgan fingerprint density at radius 1 is 0.354 bits per heavy atom. The molecule has 2 aliphatic rings. The third-order valence-corrected chi connectivity index (χ3v) is 14.6. The summed E-state index contributed by atoms with van der Waals surface area (Å²) in [5, 5.41) is 5.69. The van der Waals surface area contributed by atoms with Gasteiger partial charge in [-0.05, 0) is 64.0 Å². The van der Waals surface area contributed by atoms with Crippen LogP contribution in [-0.2, 0) is 5.41 Å². The van der Waals surface area contributed by atoms with Gasteiger partial charge in [0.2, 0.25) is 0 Å².